The summed E-state index contributed by atoms with van der Waals surface area (Å²) >= 11 is 2.83. The summed E-state index contributed by atoms with van der Waals surface area (Å²) in [6.07, 6.45) is 4.67. The summed E-state index contributed by atoms with van der Waals surface area (Å²) in [5, 5.41) is 1.47. The Balaban J connectivity index is 0.00000132. The molecule has 0 aliphatic rings. The lowest BCUT2D eigenvalue weighted by molar-refractivity contribution is 0.466. The van der Waals surface area contributed by atoms with Crippen LogP contribution in [-0.2, 0) is 23.3 Å². The fourth-order valence-electron chi connectivity index (χ4n) is 3.01. The molecular weight excluding hydrogens is 439 g/mol. The number of hydrogen-bond donors (Lipinski definition) is 1. The predicted octanol–water partition coefficient (Wildman–Crippen LogP) is 3.91. The van der Waals surface area contributed by atoms with E-state index < -0.39 is 16.6 Å². The number of nitrogens with zero attached hydrogens (tertiary/aromatic N) is 3. The molecule has 0 aliphatic heterocycles. The van der Waals surface area contributed by atoms with Crippen molar-refractivity contribution in [1.82, 2.24) is 15.0 Å². The van der Waals surface area contributed by atoms with Gasteiger partial charge in [0.15, 0.2) is 12.5 Å². The highest BCUT2D eigenvalue weighted by Crippen LogP contribution is 2.38. The van der Waals surface area contributed by atoms with Crippen molar-refractivity contribution in [3.8, 4) is 22.9 Å². The molecular formula is C21H17FN4O3S2. The number of nitrogens with two attached hydrogens (primary N) is 1. The van der Waals surface area contributed by atoms with E-state index in [1.54, 1.807) is 36.7 Å². The van der Waals surface area contributed by atoms with Crippen molar-refractivity contribution in [2.75, 3.05) is 12.0 Å². The molecule has 1 atom stereocenters. The van der Waals surface area contributed by atoms with Crippen LogP contribution < -0.4 is 10.5 Å². The molecule has 4 aromatic rings. The van der Waals surface area contributed by atoms with Crippen LogP contribution in [0.5, 0.6) is 11.6 Å². The lowest BCUT2D eigenvalue weighted by Gasteiger charge is -2.15. The van der Waals surface area contributed by atoms with E-state index in [1.165, 1.54) is 12.3 Å². The minimum atomic E-state index is -1.32. The Morgan fingerprint density at radius 3 is 2.52 bits per heavy atom. The second-order valence-electron chi connectivity index (χ2n) is 6.40. The summed E-state index contributed by atoms with van der Waals surface area (Å²) < 4.78 is 39.6. The molecule has 0 saturated carbocycles. The number of halogens is 1. The Hall–Kier alpha value is -3.37. The maximum atomic E-state index is 13.9. The standard InChI is InChI=1S/C21H17FN4O2S.OS/c1-12-5-6-13-14(7-8-16(22)18(13)23)19(12)28-20-15(4-3-10-24-20)17-9-11-25-21(26-17)29(2)27;1-2/h3-11H,23H2,1-2H3;. The lowest BCUT2D eigenvalue weighted by Crippen LogP contribution is -2.00. The quantitative estimate of drug-likeness (QED) is 0.364. The van der Waals surface area contributed by atoms with Gasteiger partial charge in [0.25, 0.3) is 0 Å². The van der Waals surface area contributed by atoms with Crippen molar-refractivity contribution in [2.24, 2.45) is 0 Å². The minimum absolute atomic E-state index is 0.0689. The summed E-state index contributed by atoms with van der Waals surface area (Å²) in [6.45, 7) is 1.89. The van der Waals surface area contributed by atoms with Crippen molar-refractivity contribution in [3.63, 3.8) is 0 Å². The van der Waals surface area contributed by atoms with E-state index in [0.29, 0.717) is 33.7 Å². The summed E-state index contributed by atoms with van der Waals surface area (Å²) in [5.41, 5.74) is 7.98. The number of pyridine rings is 1. The SMILES string of the molecule is Cc1ccc2c(N)c(F)ccc2c1Oc1ncccc1-c1ccnc(S(C)=O)n1.O=S. The molecule has 0 fully saturated rings. The molecule has 2 heterocycles. The number of hydrogen-bond acceptors (Lipinski definition) is 8. The molecule has 2 aromatic carbocycles. The van der Waals surface area contributed by atoms with Crippen molar-refractivity contribution < 1.29 is 17.5 Å². The number of ether oxygens (including phenoxy) is 1. The number of nitrogen functional groups attached to an aromatic ring is 1. The Morgan fingerprint density at radius 1 is 1.03 bits per heavy atom. The molecule has 31 heavy (non-hydrogen) atoms. The van der Waals surface area contributed by atoms with Crippen LogP contribution in [0, 0.1) is 12.7 Å². The second kappa shape index (κ2) is 9.63. The van der Waals surface area contributed by atoms with Gasteiger partial charge in [-0.2, -0.15) is 4.21 Å². The average Bonchev–Trinajstić information content (AvgIpc) is 2.80. The zero-order chi connectivity index (χ0) is 22.5. The van der Waals surface area contributed by atoms with Gasteiger partial charge in [0.2, 0.25) is 11.0 Å². The number of benzene rings is 2. The fourth-order valence-corrected chi connectivity index (χ4v) is 3.45. The van der Waals surface area contributed by atoms with E-state index in [2.05, 4.69) is 27.5 Å². The maximum Gasteiger partial charge on any atom is 0.228 e. The molecule has 0 bridgehead atoms. The largest absolute Gasteiger partial charge is 0.437 e. The molecule has 158 valence electrons. The van der Waals surface area contributed by atoms with E-state index in [0.717, 1.165) is 5.56 Å². The highest BCUT2D eigenvalue weighted by atomic mass is 32.2. The number of rotatable bonds is 4. The third-order valence-electron chi connectivity index (χ3n) is 4.47. The van der Waals surface area contributed by atoms with Crippen LogP contribution in [0.25, 0.3) is 22.0 Å². The molecule has 2 N–H and O–H groups in total. The van der Waals surface area contributed by atoms with E-state index >= 15 is 0 Å². The first-order chi connectivity index (χ1) is 15.0. The van der Waals surface area contributed by atoms with Gasteiger partial charge in [-0.25, -0.2) is 19.3 Å². The Bertz CT molecular complexity index is 1290. The fraction of sp³-hybridized carbons (Fsp3) is 0.0952. The van der Waals surface area contributed by atoms with Crippen molar-refractivity contribution in [2.45, 2.75) is 12.1 Å². The van der Waals surface area contributed by atoms with Gasteiger partial charge in [0.1, 0.15) is 11.6 Å². The summed E-state index contributed by atoms with van der Waals surface area (Å²) in [4.78, 5) is 12.7. The van der Waals surface area contributed by atoms with Crippen LogP contribution in [0.3, 0.4) is 0 Å². The van der Waals surface area contributed by atoms with E-state index in [-0.39, 0.29) is 10.8 Å². The van der Waals surface area contributed by atoms with E-state index in [4.69, 9.17) is 14.7 Å². The molecule has 0 amide bonds. The summed E-state index contributed by atoms with van der Waals surface area (Å²) in [6, 6.07) is 11.8. The number of anilines is 1. The van der Waals surface area contributed by atoms with Crippen molar-refractivity contribution in [3.05, 3.63) is 66.2 Å². The van der Waals surface area contributed by atoms with Crippen LogP contribution in [0.1, 0.15) is 5.56 Å². The van der Waals surface area contributed by atoms with Gasteiger partial charge in [-0.15, -0.1) is 0 Å². The number of aryl methyl sites for hydroxylation is 1. The minimum Gasteiger partial charge on any atom is -0.437 e. The molecule has 0 aliphatic carbocycles. The third kappa shape index (κ3) is 4.54. The van der Waals surface area contributed by atoms with E-state index in [1.807, 2.05) is 19.1 Å². The van der Waals surface area contributed by atoms with Gasteiger partial charge in [0, 0.05) is 29.4 Å². The summed E-state index contributed by atoms with van der Waals surface area (Å²) in [7, 11) is -1.32. The molecule has 0 spiro atoms. The highest BCUT2D eigenvalue weighted by Gasteiger charge is 2.16. The Morgan fingerprint density at radius 2 is 1.77 bits per heavy atom. The van der Waals surface area contributed by atoms with Gasteiger partial charge in [-0.3, -0.25) is 4.21 Å². The van der Waals surface area contributed by atoms with Crippen LogP contribution in [0.2, 0.25) is 0 Å². The van der Waals surface area contributed by atoms with Gasteiger partial charge in [-0.1, -0.05) is 12.1 Å². The van der Waals surface area contributed by atoms with Crippen LogP contribution in [0.15, 0.2) is 60.0 Å². The molecule has 7 nitrogen and oxygen atoms in total. The molecule has 0 radical (unpaired) electrons. The second-order valence-corrected chi connectivity index (χ2v) is 7.68. The zero-order valence-corrected chi connectivity index (χ0v) is 18.2. The van der Waals surface area contributed by atoms with E-state index in [9.17, 15) is 8.60 Å². The van der Waals surface area contributed by atoms with Crippen LogP contribution >= 0.6 is 0 Å². The van der Waals surface area contributed by atoms with Crippen LogP contribution in [-0.4, -0.2) is 29.6 Å². The first kappa shape index (κ1) is 22.3. The predicted molar refractivity (Wildman–Crippen MR) is 119 cm³/mol. The maximum absolute atomic E-state index is 13.9. The number of aromatic nitrogens is 3. The normalized spacial score (nSPS) is 11.5. The highest BCUT2D eigenvalue weighted by molar-refractivity contribution is 7.84. The summed E-state index contributed by atoms with van der Waals surface area (Å²) in [5.74, 6) is 0.368. The lowest BCUT2D eigenvalue weighted by atomic mass is 10.0. The molecule has 10 heteroatoms. The monoisotopic (exact) mass is 456 g/mol. The molecule has 0 saturated heterocycles. The topological polar surface area (TPSA) is 108 Å². The van der Waals surface area contributed by atoms with Crippen LogP contribution in [0.4, 0.5) is 10.1 Å². The van der Waals surface area contributed by atoms with Crippen molar-refractivity contribution in [1.29, 1.82) is 0 Å². The van der Waals surface area contributed by atoms with Gasteiger partial charge >= 0.3 is 0 Å². The molecule has 2 aromatic heterocycles. The van der Waals surface area contributed by atoms with Gasteiger partial charge in [-0.05, 0) is 42.8 Å². The first-order valence-electron chi connectivity index (χ1n) is 8.89. The average molecular weight is 457 g/mol. The zero-order valence-electron chi connectivity index (χ0n) is 16.5. The number of fused-ring (bicyclic) bond motifs is 1. The van der Waals surface area contributed by atoms with Gasteiger partial charge in [0.05, 0.1) is 27.7 Å². The smallest absolute Gasteiger partial charge is 0.228 e. The Labute approximate surface area is 185 Å². The van der Waals surface area contributed by atoms with Gasteiger partial charge < -0.3 is 10.5 Å². The molecule has 4 rings (SSSR count). The molecule has 1 unspecified atom stereocenters. The first-order valence-corrected chi connectivity index (χ1v) is 10.8. The van der Waals surface area contributed by atoms with Crippen molar-refractivity contribution >= 4 is 39.8 Å². The Kier molecular flexibility index (Phi) is 6.93. The third-order valence-corrected chi connectivity index (χ3v) is 5.18.